The molecule has 4 heteroatoms. The number of aromatic carboxylic acids is 1. The minimum Gasteiger partial charge on any atom is -0.478 e. The number of fused-ring (bicyclic) bond motifs is 3. The van der Waals surface area contributed by atoms with Gasteiger partial charge in [-0.25, -0.2) is 4.79 Å². The van der Waals surface area contributed by atoms with Crippen molar-refractivity contribution in [3.05, 3.63) is 75.8 Å². The van der Waals surface area contributed by atoms with Crippen LogP contribution in [-0.4, -0.2) is 11.1 Å². The van der Waals surface area contributed by atoms with Crippen LogP contribution in [0.5, 0.6) is 0 Å². The van der Waals surface area contributed by atoms with Crippen LogP contribution in [0.25, 0.3) is 0 Å². The third-order valence-electron chi connectivity index (χ3n) is 5.10. The topological polar surface area (TPSA) is 49.3 Å². The van der Waals surface area contributed by atoms with Crippen molar-refractivity contribution in [1.82, 2.24) is 0 Å². The van der Waals surface area contributed by atoms with E-state index in [1.807, 2.05) is 0 Å². The second kappa shape index (κ2) is 5.67. The molecule has 3 atom stereocenters. The number of carbonyl (C=O) groups is 1. The molecule has 0 spiro atoms. The van der Waals surface area contributed by atoms with Gasteiger partial charge in [-0.2, -0.15) is 0 Å². The predicted octanol–water partition coefficient (Wildman–Crippen LogP) is 5.17. The van der Waals surface area contributed by atoms with Crippen molar-refractivity contribution in [2.75, 3.05) is 5.32 Å². The summed E-state index contributed by atoms with van der Waals surface area (Å²) in [7, 11) is 0. The summed E-state index contributed by atoms with van der Waals surface area (Å²) < 4.78 is 0. The van der Waals surface area contributed by atoms with Crippen molar-refractivity contribution in [2.45, 2.75) is 25.3 Å². The Morgan fingerprint density at radius 3 is 2.88 bits per heavy atom. The number of carboxylic acid groups (broad SMARTS) is 1. The molecule has 0 amide bonds. The van der Waals surface area contributed by atoms with Gasteiger partial charge in [0.1, 0.15) is 0 Å². The fourth-order valence-corrected chi connectivity index (χ4v) is 4.27. The van der Waals surface area contributed by atoms with Crippen molar-refractivity contribution in [2.24, 2.45) is 5.92 Å². The van der Waals surface area contributed by atoms with Gasteiger partial charge in [-0.15, -0.1) is 0 Å². The molecule has 0 radical (unpaired) electrons. The highest BCUT2D eigenvalue weighted by atomic mass is 35.5. The third-order valence-corrected chi connectivity index (χ3v) is 5.42. The standard InChI is InChI=1S/C20H18ClNO2/c1-11-4-2-5-12(10-11)18-14-7-3-6-13(14)17-15(20(23)24)8-9-16(21)19(17)22-18/h2-6,8-10,13-14,18,22H,7H2,1H3,(H,23,24). The number of halogens is 1. The molecule has 2 aromatic rings. The Labute approximate surface area is 146 Å². The first-order chi connectivity index (χ1) is 11.6. The van der Waals surface area contributed by atoms with Gasteiger partial charge in [0.15, 0.2) is 0 Å². The van der Waals surface area contributed by atoms with Crippen LogP contribution in [0.15, 0.2) is 48.6 Å². The van der Waals surface area contributed by atoms with E-state index in [0.717, 1.165) is 17.7 Å². The summed E-state index contributed by atoms with van der Waals surface area (Å²) in [5, 5.41) is 13.7. The summed E-state index contributed by atoms with van der Waals surface area (Å²) in [4.78, 5) is 11.7. The smallest absolute Gasteiger partial charge is 0.336 e. The summed E-state index contributed by atoms with van der Waals surface area (Å²) >= 11 is 6.41. The molecule has 4 rings (SSSR count). The van der Waals surface area contributed by atoms with E-state index in [0.29, 0.717) is 16.5 Å². The van der Waals surface area contributed by atoms with Gasteiger partial charge >= 0.3 is 5.97 Å². The van der Waals surface area contributed by atoms with Crippen molar-refractivity contribution >= 4 is 23.3 Å². The van der Waals surface area contributed by atoms with Crippen molar-refractivity contribution in [3.8, 4) is 0 Å². The monoisotopic (exact) mass is 339 g/mol. The number of benzene rings is 2. The highest BCUT2D eigenvalue weighted by molar-refractivity contribution is 6.33. The molecule has 3 nitrogen and oxygen atoms in total. The number of rotatable bonds is 2. The number of carboxylic acids is 1. The molecule has 1 aliphatic heterocycles. The lowest BCUT2D eigenvalue weighted by atomic mass is 9.75. The minimum atomic E-state index is -0.905. The molecule has 2 N–H and O–H groups in total. The average molecular weight is 340 g/mol. The molecule has 3 unspecified atom stereocenters. The highest BCUT2D eigenvalue weighted by Crippen LogP contribution is 2.52. The third kappa shape index (κ3) is 2.31. The second-order valence-electron chi connectivity index (χ2n) is 6.58. The number of hydrogen-bond acceptors (Lipinski definition) is 2. The van der Waals surface area contributed by atoms with E-state index in [-0.39, 0.29) is 12.0 Å². The van der Waals surface area contributed by atoms with Crippen LogP contribution in [0.3, 0.4) is 0 Å². The molecule has 0 saturated heterocycles. The zero-order valence-electron chi connectivity index (χ0n) is 13.3. The maximum Gasteiger partial charge on any atom is 0.336 e. The fourth-order valence-electron chi connectivity index (χ4n) is 4.05. The molecule has 0 bridgehead atoms. The van der Waals surface area contributed by atoms with E-state index in [1.54, 1.807) is 12.1 Å². The number of allylic oxidation sites excluding steroid dienone is 2. The zero-order chi connectivity index (χ0) is 16.8. The molecule has 2 aliphatic rings. The highest BCUT2D eigenvalue weighted by Gasteiger charge is 2.40. The van der Waals surface area contributed by atoms with E-state index >= 15 is 0 Å². The van der Waals surface area contributed by atoms with E-state index in [9.17, 15) is 9.90 Å². The van der Waals surface area contributed by atoms with Gasteiger partial charge in [-0.1, -0.05) is 53.6 Å². The molecule has 24 heavy (non-hydrogen) atoms. The Morgan fingerprint density at radius 2 is 2.12 bits per heavy atom. The fraction of sp³-hybridized carbons (Fsp3) is 0.250. The van der Waals surface area contributed by atoms with E-state index in [4.69, 9.17) is 11.6 Å². The summed E-state index contributed by atoms with van der Waals surface area (Å²) in [5.41, 5.74) is 4.35. The SMILES string of the molecule is Cc1cccc(C2Nc3c(Cl)ccc(C(=O)O)c3C3C=CCC32)c1. The summed E-state index contributed by atoms with van der Waals surface area (Å²) in [6.07, 6.45) is 5.22. The maximum absolute atomic E-state index is 11.7. The van der Waals surface area contributed by atoms with Crippen LogP contribution in [0.4, 0.5) is 5.69 Å². The Balaban J connectivity index is 1.88. The Hall–Kier alpha value is -2.26. The molecule has 0 saturated carbocycles. The van der Waals surface area contributed by atoms with Crippen LogP contribution in [-0.2, 0) is 0 Å². The van der Waals surface area contributed by atoms with Crippen LogP contribution in [0.1, 0.15) is 45.4 Å². The van der Waals surface area contributed by atoms with E-state index in [1.165, 1.54) is 11.1 Å². The van der Waals surface area contributed by atoms with Gasteiger partial charge in [0.2, 0.25) is 0 Å². The molecule has 1 heterocycles. The molecule has 0 aromatic heterocycles. The van der Waals surface area contributed by atoms with Crippen LogP contribution in [0.2, 0.25) is 5.02 Å². The van der Waals surface area contributed by atoms with Crippen LogP contribution < -0.4 is 5.32 Å². The quantitative estimate of drug-likeness (QED) is 0.742. The summed E-state index contributed by atoms with van der Waals surface area (Å²) in [6.45, 7) is 2.08. The lowest BCUT2D eigenvalue weighted by Crippen LogP contribution is -2.30. The normalized spacial score (nSPS) is 24.2. The molecule has 122 valence electrons. The first-order valence-electron chi connectivity index (χ1n) is 8.11. The van der Waals surface area contributed by atoms with Gasteiger partial charge in [0.25, 0.3) is 0 Å². The zero-order valence-corrected chi connectivity index (χ0v) is 14.0. The Morgan fingerprint density at radius 1 is 1.29 bits per heavy atom. The lowest BCUT2D eigenvalue weighted by molar-refractivity contribution is 0.0695. The van der Waals surface area contributed by atoms with Crippen LogP contribution >= 0.6 is 11.6 Å². The van der Waals surface area contributed by atoms with Crippen molar-refractivity contribution in [3.63, 3.8) is 0 Å². The van der Waals surface area contributed by atoms with Gasteiger partial charge in [-0.05, 0) is 42.5 Å². The van der Waals surface area contributed by atoms with Crippen molar-refractivity contribution < 1.29 is 9.90 Å². The van der Waals surface area contributed by atoms with Crippen molar-refractivity contribution in [1.29, 1.82) is 0 Å². The molecule has 2 aromatic carbocycles. The second-order valence-corrected chi connectivity index (χ2v) is 6.99. The minimum absolute atomic E-state index is 0.0802. The summed E-state index contributed by atoms with van der Waals surface area (Å²) in [6, 6.07) is 11.9. The maximum atomic E-state index is 11.7. The first kappa shape index (κ1) is 15.3. The predicted molar refractivity (Wildman–Crippen MR) is 95.9 cm³/mol. The first-order valence-corrected chi connectivity index (χ1v) is 8.49. The lowest BCUT2D eigenvalue weighted by Gasteiger charge is -2.38. The molecule has 1 aliphatic carbocycles. The van der Waals surface area contributed by atoms with Gasteiger partial charge in [0, 0.05) is 5.92 Å². The number of nitrogens with one attached hydrogen (secondary N) is 1. The largest absolute Gasteiger partial charge is 0.478 e. The van der Waals surface area contributed by atoms with Gasteiger partial charge in [0.05, 0.1) is 22.3 Å². The number of hydrogen-bond donors (Lipinski definition) is 2. The Bertz CT molecular complexity index is 859. The summed E-state index contributed by atoms with van der Waals surface area (Å²) in [5.74, 6) is -0.523. The molecular formula is C20H18ClNO2. The Kier molecular flexibility index (Phi) is 3.61. The van der Waals surface area contributed by atoms with Crippen LogP contribution in [0, 0.1) is 12.8 Å². The average Bonchev–Trinajstić information content (AvgIpc) is 3.04. The van der Waals surface area contributed by atoms with E-state index < -0.39 is 5.97 Å². The number of anilines is 1. The molecule has 0 fully saturated rings. The van der Waals surface area contributed by atoms with E-state index in [2.05, 4.69) is 48.7 Å². The van der Waals surface area contributed by atoms with Gasteiger partial charge in [-0.3, -0.25) is 0 Å². The van der Waals surface area contributed by atoms with Gasteiger partial charge < -0.3 is 10.4 Å². The number of aryl methyl sites for hydroxylation is 1. The molecular weight excluding hydrogens is 322 g/mol.